The van der Waals surface area contributed by atoms with Crippen molar-refractivity contribution in [3.8, 4) is 11.5 Å². The normalized spacial score (nSPS) is 20.5. The minimum absolute atomic E-state index is 0.0632. The molecule has 2 aliphatic heterocycles. The Bertz CT molecular complexity index is 1630. The van der Waals surface area contributed by atoms with Crippen LogP contribution in [0.4, 0.5) is 4.79 Å². The second-order valence-corrected chi connectivity index (χ2v) is 12.9. The van der Waals surface area contributed by atoms with Gasteiger partial charge < -0.3 is 38.4 Å². The minimum Gasteiger partial charge on any atom is -0.494 e. The van der Waals surface area contributed by atoms with E-state index in [0.29, 0.717) is 59.2 Å². The third kappa shape index (κ3) is 9.26. The molecule has 0 saturated carbocycles. The lowest BCUT2D eigenvalue weighted by atomic mass is 9.87. The summed E-state index contributed by atoms with van der Waals surface area (Å²) in [5, 5.41) is 11.9. The van der Waals surface area contributed by atoms with E-state index in [1.54, 1.807) is 0 Å². The number of hydrogen-bond acceptors (Lipinski definition) is 7. The molecule has 48 heavy (non-hydrogen) atoms. The molecule has 0 aromatic heterocycles. The van der Waals surface area contributed by atoms with Gasteiger partial charge in [-0.15, -0.1) is 0 Å². The van der Waals surface area contributed by atoms with Gasteiger partial charge in [-0.3, -0.25) is 0 Å². The molecular formula is C39H45NO8. The van der Waals surface area contributed by atoms with Crippen LogP contribution in [0.15, 0.2) is 91.0 Å². The molecule has 3 atom stereocenters. The van der Waals surface area contributed by atoms with E-state index in [-0.39, 0.29) is 18.1 Å². The highest BCUT2D eigenvalue weighted by Gasteiger charge is 2.34. The summed E-state index contributed by atoms with van der Waals surface area (Å²) >= 11 is 0. The topological polar surface area (TPSA) is 95.9 Å². The lowest BCUT2D eigenvalue weighted by Crippen LogP contribution is -2.46. The van der Waals surface area contributed by atoms with Gasteiger partial charge in [-0.1, -0.05) is 60.7 Å². The third-order valence-electron chi connectivity index (χ3n) is 8.79. The van der Waals surface area contributed by atoms with E-state index in [0.717, 1.165) is 45.4 Å². The predicted octanol–water partition coefficient (Wildman–Crippen LogP) is 7.41. The second-order valence-electron chi connectivity index (χ2n) is 12.9. The molecule has 2 aliphatic rings. The Labute approximate surface area is 282 Å². The number of rotatable bonds is 14. The summed E-state index contributed by atoms with van der Waals surface area (Å²) in [5.74, 6) is 1.05. The monoisotopic (exact) mass is 655 g/mol. The number of piperidine rings is 1. The quantitative estimate of drug-likeness (QED) is 0.140. The zero-order valence-corrected chi connectivity index (χ0v) is 27.7. The van der Waals surface area contributed by atoms with Crippen LogP contribution < -0.4 is 9.47 Å². The molecule has 2 heterocycles. The van der Waals surface area contributed by atoms with Gasteiger partial charge in [0.1, 0.15) is 24.2 Å². The minimum atomic E-state index is -0.921. The highest BCUT2D eigenvalue weighted by molar-refractivity contribution is 5.84. The van der Waals surface area contributed by atoms with Gasteiger partial charge >= 0.3 is 6.09 Å². The molecule has 4 aromatic carbocycles. The van der Waals surface area contributed by atoms with Gasteiger partial charge in [0.25, 0.3) is 0 Å². The van der Waals surface area contributed by atoms with Gasteiger partial charge in [-0.2, -0.15) is 0 Å². The highest BCUT2D eigenvalue weighted by atomic mass is 16.7. The van der Waals surface area contributed by atoms with Crippen LogP contribution in [0, 0.1) is 0 Å². The fraction of sp³-hybridized carbons (Fsp3) is 0.410. The SMILES string of the molecule is CC1(C)OCC(COc2ccc3ccc(COC4CN(C(=O)O)CCC4c4ccc(OCCCOCc5ccccc5)cc4)cc3c2)O1. The summed E-state index contributed by atoms with van der Waals surface area (Å²) in [7, 11) is 0. The molecule has 1 amide bonds. The van der Waals surface area contributed by atoms with Crippen LogP contribution in [0.2, 0.25) is 0 Å². The van der Waals surface area contributed by atoms with Gasteiger partial charge in [-0.25, -0.2) is 4.79 Å². The number of hydrogen-bond donors (Lipinski definition) is 1. The van der Waals surface area contributed by atoms with Gasteiger partial charge in [0, 0.05) is 18.9 Å². The summed E-state index contributed by atoms with van der Waals surface area (Å²) in [4.78, 5) is 13.3. The van der Waals surface area contributed by atoms with Crippen LogP contribution >= 0.6 is 0 Å². The molecule has 1 N–H and O–H groups in total. The highest BCUT2D eigenvalue weighted by Crippen LogP contribution is 2.33. The first-order valence-electron chi connectivity index (χ1n) is 16.7. The fourth-order valence-corrected chi connectivity index (χ4v) is 6.26. The lowest BCUT2D eigenvalue weighted by molar-refractivity contribution is -0.141. The summed E-state index contributed by atoms with van der Waals surface area (Å²) in [6, 6.07) is 30.5. The Kier molecular flexibility index (Phi) is 11.1. The van der Waals surface area contributed by atoms with Gasteiger partial charge in [-0.05, 0) is 78.1 Å². The number of carbonyl (C=O) groups is 1. The van der Waals surface area contributed by atoms with Crippen LogP contribution in [0.5, 0.6) is 11.5 Å². The molecule has 4 aromatic rings. The number of carboxylic acid groups (broad SMARTS) is 1. The Morgan fingerprint density at radius 1 is 0.875 bits per heavy atom. The number of nitrogens with zero attached hydrogens (tertiary/aromatic N) is 1. The Morgan fingerprint density at radius 2 is 1.67 bits per heavy atom. The van der Waals surface area contributed by atoms with Crippen LogP contribution in [0.25, 0.3) is 10.8 Å². The van der Waals surface area contributed by atoms with E-state index < -0.39 is 11.9 Å². The van der Waals surface area contributed by atoms with Crippen molar-refractivity contribution in [2.24, 2.45) is 0 Å². The van der Waals surface area contributed by atoms with Crippen molar-refractivity contribution in [1.29, 1.82) is 0 Å². The molecule has 2 saturated heterocycles. The molecule has 2 fully saturated rings. The summed E-state index contributed by atoms with van der Waals surface area (Å²) in [6.45, 7) is 7.67. The van der Waals surface area contributed by atoms with Crippen LogP contribution in [-0.4, -0.2) is 73.6 Å². The van der Waals surface area contributed by atoms with Crippen LogP contribution in [0.3, 0.4) is 0 Å². The van der Waals surface area contributed by atoms with E-state index in [2.05, 4.69) is 42.5 Å². The average molecular weight is 656 g/mol. The fourth-order valence-electron chi connectivity index (χ4n) is 6.26. The van der Waals surface area contributed by atoms with E-state index in [1.807, 2.05) is 62.4 Å². The Hall–Kier alpha value is -4.15. The molecule has 0 bridgehead atoms. The maximum Gasteiger partial charge on any atom is 0.407 e. The first kappa shape index (κ1) is 33.7. The number of likely N-dealkylation sites (tertiary alicyclic amines) is 1. The van der Waals surface area contributed by atoms with E-state index in [4.69, 9.17) is 28.4 Å². The average Bonchev–Trinajstić information content (AvgIpc) is 3.46. The molecule has 0 spiro atoms. The summed E-state index contributed by atoms with van der Waals surface area (Å²) in [5.41, 5.74) is 3.29. The largest absolute Gasteiger partial charge is 0.494 e. The van der Waals surface area contributed by atoms with E-state index >= 15 is 0 Å². The van der Waals surface area contributed by atoms with Crippen LogP contribution in [-0.2, 0) is 32.2 Å². The van der Waals surface area contributed by atoms with Crippen molar-refractivity contribution >= 4 is 16.9 Å². The molecular weight excluding hydrogens is 610 g/mol. The predicted molar refractivity (Wildman–Crippen MR) is 183 cm³/mol. The maximum absolute atomic E-state index is 11.9. The number of fused-ring (bicyclic) bond motifs is 1. The number of amides is 1. The third-order valence-corrected chi connectivity index (χ3v) is 8.79. The number of benzene rings is 4. The van der Waals surface area contributed by atoms with Gasteiger partial charge in [0.2, 0.25) is 0 Å². The zero-order chi connectivity index (χ0) is 33.3. The lowest BCUT2D eigenvalue weighted by Gasteiger charge is -2.37. The molecule has 9 heteroatoms. The Morgan fingerprint density at radius 3 is 2.44 bits per heavy atom. The van der Waals surface area contributed by atoms with E-state index in [9.17, 15) is 9.90 Å². The zero-order valence-electron chi connectivity index (χ0n) is 27.7. The second kappa shape index (κ2) is 15.8. The van der Waals surface area contributed by atoms with E-state index in [1.165, 1.54) is 4.90 Å². The molecule has 6 rings (SSSR count). The van der Waals surface area contributed by atoms with Crippen molar-refractivity contribution in [2.75, 3.05) is 39.5 Å². The first-order valence-corrected chi connectivity index (χ1v) is 16.7. The van der Waals surface area contributed by atoms with Crippen molar-refractivity contribution in [3.05, 3.63) is 108 Å². The first-order chi connectivity index (χ1) is 23.3. The Balaban J connectivity index is 1.03. The number of ether oxygens (including phenoxy) is 6. The maximum atomic E-state index is 11.9. The standard InChI is InChI=1S/C39H45NO8/c1-39(2)47-27-35(48-39)26-45-34-16-11-30-10-9-29(21-32(30)22-34)25-46-37-23-40(38(41)42)18-17-36(37)31-12-14-33(15-13-31)44-20-6-19-43-24-28-7-4-3-5-8-28/h3-5,7-16,21-22,35-37H,6,17-20,23-27H2,1-2H3,(H,41,42). The molecule has 254 valence electrons. The van der Waals surface area contributed by atoms with Crippen molar-refractivity contribution in [1.82, 2.24) is 4.90 Å². The van der Waals surface area contributed by atoms with Crippen molar-refractivity contribution in [3.63, 3.8) is 0 Å². The smallest absolute Gasteiger partial charge is 0.407 e. The van der Waals surface area contributed by atoms with Crippen molar-refractivity contribution in [2.45, 2.75) is 63.8 Å². The van der Waals surface area contributed by atoms with Crippen molar-refractivity contribution < 1.29 is 38.3 Å². The summed E-state index contributed by atoms with van der Waals surface area (Å²) < 4.78 is 35.7. The van der Waals surface area contributed by atoms with Gasteiger partial charge in [0.05, 0.1) is 45.7 Å². The molecule has 0 radical (unpaired) electrons. The van der Waals surface area contributed by atoms with Gasteiger partial charge in [0.15, 0.2) is 5.79 Å². The van der Waals surface area contributed by atoms with Crippen LogP contribution in [0.1, 0.15) is 49.3 Å². The molecule has 3 unspecified atom stereocenters. The molecule has 0 aliphatic carbocycles. The summed E-state index contributed by atoms with van der Waals surface area (Å²) in [6.07, 6.45) is 0.163. The molecule has 9 nitrogen and oxygen atoms in total.